The average Bonchev–Trinajstić information content (AvgIpc) is 3.74. The Balaban J connectivity index is 0.000000216. The number of carboxylic acids is 2. The number of pyridine rings is 2. The highest BCUT2D eigenvalue weighted by Crippen LogP contribution is 2.33. The van der Waals surface area contributed by atoms with Crippen LogP contribution in [0, 0.1) is 0 Å². The van der Waals surface area contributed by atoms with E-state index in [9.17, 15) is 29.4 Å². The molecule has 19 heteroatoms. The third kappa shape index (κ3) is 13.0. The fourth-order valence-electron chi connectivity index (χ4n) is 6.05. The first kappa shape index (κ1) is 46.7. The van der Waals surface area contributed by atoms with Gasteiger partial charge in [0.15, 0.2) is 0 Å². The highest BCUT2D eigenvalue weighted by atomic mass is 35.5. The molecule has 2 aliphatic heterocycles. The monoisotopic (exact) mass is 880 g/mol. The van der Waals surface area contributed by atoms with Crippen LogP contribution in [0.15, 0.2) is 48.5 Å². The summed E-state index contributed by atoms with van der Waals surface area (Å²) in [6, 6.07) is 12.3. The summed E-state index contributed by atoms with van der Waals surface area (Å²) in [4.78, 5) is 57.0. The third-order valence-electron chi connectivity index (χ3n) is 8.58. The van der Waals surface area contributed by atoms with Crippen LogP contribution in [0.3, 0.4) is 0 Å². The van der Waals surface area contributed by atoms with Gasteiger partial charge in [-0.3, -0.25) is 9.80 Å². The summed E-state index contributed by atoms with van der Waals surface area (Å²) in [5.74, 6) is -0.530. The summed E-state index contributed by atoms with van der Waals surface area (Å²) in [6.07, 6.45) is -2.59. The number of β-amino-alcohol motifs (C(OH)–C–C–N with tert-alkyl or cyclic N) is 1. The molecule has 59 heavy (non-hydrogen) atoms. The highest BCUT2D eigenvalue weighted by Gasteiger charge is 2.43. The number of rotatable bonds is 6. The Labute approximate surface area is 355 Å². The second-order valence-corrected chi connectivity index (χ2v) is 16.6. The third-order valence-corrected chi connectivity index (χ3v) is 9.25. The van der Waals surface area contributed by atoms with Crippen molar-refractivity contribution in [1.82, 2.24) is 19.8 Å². The summed E-state index contributed by atoms with van der Waals surface area (Å²) in [7, 11) is 3.18. The molecule has 2 fully saturated rings. The maximum atomic E-state index is 12.4. The van der Waals surface area contributed by atoms with E-state index in [1.54, 1.807) is 86.1 Å². The Kier molecular flexibility index (Phi) is 15.3. The van der Waals surface area contributed by atoms with Gasteiger partial charge >= 0.3 is 24.1 Å². The molecular formula is C40H47Cl3N4O12. The number of nitrogens with zero attached hydrogens (tertiary/aromatic N) is 4. The van der Waals surface area contributed by atoms with Crippen LogP contribution < -0.4 is 14.2 Å². The number of methoxy groups -OCH3 is 2. The number of fused-ring (bicyclic) bond motifs is 2. The molecule has 320 valence electrons. The van der Waals surface area contributed by atoms with Crippen molar-refractivity contribution in [2.24, 2.45) is 0 Å². The number of hydrogen-bond acceptors (Lipinski definition) is 12. The van der Waals surface area contributed by atoms with Crippen molar-refractivity contribution in [1.29, 1.82) is 0 Å². The van der Waals surface area contributed by atoms with Gasteiger partial charge in [0.25, 0.3) is 0 Å². The minimum absolute atomic E-state index is 0.00583. The van der Waals surface area contributed by atoms with Crippen LogP contribution in [0.4, 0.5) is 9.59 Å². The topological polar surface area (TPSA) is 207 Å². The summed E-state index contributed by atoms with van der Waals surface area (Å²) in [5.41, 5.74) is -1.41. The molecule has 0 bridgehead atoms. The lowest BCUT2D eigenvalue weighted by atomic mass is 10.1. The Morgan fingerprint density at radius 2 is 1.14 bits per heavy atom. The fourth-order valence-corrected chi connectivity index (χ4v) is 6.75. The zero-order valence-corrected chi connectivity index (χ0v) is 36.0. The lowest BCUT2D eigenvalue weighted by Gasteiger charge is -2.26. The average molecular weight is 882 g/mol. The zero-order valence-electron chi connectivity index (χ0n) is 33.7. The van der Waals surface area contributed by atoms with Crippen molar-refractivity contribution < 1.29 is 58.2 Å². The van der Waals surface area contributed by atoms with Crippen LogP contribution in [0.25, 0.3) is 21.5 Å². The summed E-state index contributed by atoms with van der Waals surface area (Å²) < 4.78 is 26.7. The Hall–Kier alpha value is -5.03. The maximum Gasteiger partial charge on any atom is 0.411 e. The van der Waals surface area contributed by atoms with Crippen LogP contribution >= 0.6 is 34.8 Å². The van der Waals surface area contributed by atoms with E-state index in [0.717, 1.165) is 26.8 Å². The lowest BCUT2D eigenvalue weighted by Crippen LogP contribution is -2.43. The number of likely N-dealkylation sites (tertiary alicyclic amines) is 2. The van der Waals surface area contributed by atoms with Gasteiger partial charge < -0.3 is 39.0 Å². The molecule has 2 amide bonds. The molecule has 2 saturated heterocycles. The molecule has 4 heterocycles. The molecule has 3 N–H and O–H groups in total. The van der Waals surface area contributed by atoms with Crippen LogP contribution in [-0.2, 0) is 19.1 Å². The second kappa shape index (κ2) is 19.4. The van der Waals surface area contributed by atoms with Gasteiger partial charge in [0.2, 0.25) is 5.88 Å². The number of hydrogen-bond donors (Lipinski definition) is 3. The number of aliphatic hydroxyl groups excluding tert-OH is 1. The molecule has 2 aromatic carbocycles. The van der Waals surface area contributed by atoms with Crippen molar-refractivity contribution in [3.63, 3.8) is 0 Å². The van der Waals surface area contributed by atoms with Gasteiger partial charge in [-0.05, 0) is 101 Å². The first-order chi connectivity index (χ1) is 27.5. The standard InChI is InChI=1S/C20H23ClN2O6.C10H7Cl2NO.C10H17NO5/c1-20(2,3)29-19(26)23-10-13(9-15(23)18(24)25)28-17-14-6-5-12(27-4)7-11(14)8-16(21)22-17;1-14-7-2-3-8-6(4-7)5-9(11)13-10(8)12;1-10(2,3)16-9(15)11-5-6(12)4-7(11)8(13)14/h5-8,13,15H,9-10H2,1-4H3,(H,24,25);2-5H,1H3;6-7,12H,4-5H2,1-3H3,(H,13,14)/t13-,15+;;6-,7+/m1.1/s1. The molecule has 2 aromatic heterocycles. The van der Waals surface area contributed by atoms with Crippen molar-refractivity contribution in [2.75, 3.05) is 27.3 Å². The number of aliphatic hydroxyl groups is 1. The van der Waals surface area contributed by atoms with Crippen molar-refractivity contribution in [3.8, 4) is 17.4 Å². The number of amides is 2. The maximum absolute atomic E-state index is 12.4. The number of carbonyl (C=O) groups excluding carboxylic acids is 2. The fraction of sp³-hybridized carbons (Fsp3) is 0.450. The Morgan fingerprint density at radius 1 is 0.678 bits per heavy atom. The van der Waals surface area contributed by atoms with Crippen LogP contribution in [0.2, 0.25) is 15.5 Å². The van der Waals surface area contributed by atoms with Gasteiger partial charge in [-0.1, -0.05) is 34.8 Å². The molecule has 0 spiro atoms. The van der Waals surface area contributed by atoms with Gasteiger partial charge in [-0.2, -0.15) is 0 Å². The molecule has 6 rings (SSSR count). The molecule has 0 aliphatic carbocycles. The van der Waals surface area contributed by atoms with Gasteiger partial charge in [-0.25, -0.2) is 29.1 Å². The summed E-state index contributed by atoms with van der Waals surface area (Å²) >= 11 is 17.8. The summed E-state index contributed by atoms with van der Waals surface area (Å²) in [6.45, 7) is 10.3. The SMILES string of the molecule is CC(C)(C)OC(=O)N1C[C@H](O)C[C@H]1C(=O)O.COc1ccc2c(Cl)nc(Cl)cc2c1.COc1ccc2c(O[C@@H]3C[C@@H](C(=O)O)N(C(=O)OC(C)(C)C)C3)nc(Cl)cc2c1. The number of benzene rings is 2. The van der Waals surface area contributed by atoms with Crippen molar-refractivity contribution in [3.05, 3.63) is 64.0 Å². The molecular weight excluding hydrogens is 835 g/mol. The van der Waals surface area contributed by atoms with E-state index in [2.05, 4.69) is 9.97 Å². The van der Waals surface area contributed by atoms with Gasteiger partial charge in [-0.15, -0.1) is 0 Å². The van der Waals surface area contributed by atoms with Crippen molar-refractivity contribution in [2.45, 2.75) is 89.9 Å². The van der Waals surface area contributed by atoms with Crippen molar-refractivity contribution >= 4 is 80.5 Å². The first-order valence-corrected chi connectivity index (χ1v) is 19.4. The predicted octanol–water partition coefficient (Wildman–Crippen LogP) is 7.73. The Bertz CT molecular complexity index is 2180. The molecule has 0 radical (unpaired) electrons. The molecule has 2 aliphatic rings. The van der Waals surface area contributed by atoms with Crippen LogP contribution in [0.1, 0.15) is 54.4 Å². The first-order valence-electron chi connectivity index (χ1n) is 18.2. The van der Waals surface area contributed by atoms with E-state index >= 15 is 0 Å². The predicted molar refractivity (Wildman–Crippen MR) is 220 cm³/mol. The lowest BCUT2D eigenvalue weighted by molar-refractivity contribution is -0.142. The summed E-state index contributed by atoms with van der Waals surface area (Å²) in [5, 5.41) is 32.1. The van der Waals surface area contributed by atoms with E-state index in [4.69, 9.17) is 63.6 Å². The zero-order chi connectivity index (χ0) is 44.0. The smallest absolute Gasteiger partial charge is 0.411 e. The minimum atomic E-state index is -1.12. The van der Waals surface area contributed by atoms with Crippen LogP contribution in [0.5, 0.6) is 17.4 Å². The molecule has 16 nitrogen and oxygen atoms in total. The normalized spacial score (nSPS) is 18.9. The van der Waals surface area contributed by atoms with E-state index in [1.807, 2.05) is 18.2 Å². The van der Waals surface area contributed by atoms with Gasteiger partial charge in [0, 0.05) is 23.6 Å². The van der Waals surface area contributed by atoms with E-state index in [0.29, 0.717) is 21.4 Å². The molecule has 4 atom stereocenters. The number of aliphatic carboxylic acids is 2. The second-order valence-electron chi connectivity index (χ2n) is 15.5. The van der Waals surface area contributed by atoms with E-state index < -0.39 is 59.6 Å². The van der Waals surface area contributed by atoms with Gasteiger partial charge in [0.05, 0.1) is 33.4 Å². The van der Waals surface area contributed by atoms with E-state index in [1.165, 1.54) is 4.90 Å². The number of carbonyl (C=O) groups is 4. The number of carboxylic acid groups (broad SMARTS) is 2. The molecule has 4 aromatic rings. The number of halogens is 3. The van der Waals surface area contributed by atoms with E-state index in [-0.39, 0.29) is 37.0 Å². The minimum Gasteiger partial charge on any atom is -0.497 e. The number of ether oxygens (including phenoxy) is 5. The Morgan fingerprint density at radius 3 is 1.63 bits per heavy atom. The number of aromatic nitrogens is 2. The quantitative estimate of drug-likeness (QED) is 0.159. The molecule has 0 unspecified atom stereocenters. The highest BCUT2D eigenvalue weighted by molar-refractivity contribution is 6.36. The molecule has 0 saturated carbocycles. The largest absolute Gasteiger partial charge is 0.497 e. The van der Waals surface area contributed by atoms with Crippen LogP contribution in [-0.4, -0.2) is 122 Å². The van der Waals surface area contributed by atoms with Gasteiger partial charge in [0.1, 0.15) is 56.3 Å².